The second-order valence-corrected chi connectivity index (χ2v) is 11.5. The van der Waals surface area contributed by atoms with E-state index >= 15 is 0 Å². The summed E-state index contributed by atoms with van der Waals surface area (Å²) < 4.78 is 32.5. The average molecular weight is 502 g/mol. The predicted molar refractivity (Wildman–Crippen MR) is 119 cm³/mol. The fourth-order valence-electron chi connectivity index (χ4n) is 4.48. The molecule has 3 rings (SSSR count). The van der Waals surface area contributed by atoms with Crippen molar-refractivity contribution in [3.8, 4) is 0 Å². The number of sulfonamides is 1. The summed E-state index contributed by atoms with van der Waals surface area (Å²) in [5.41, 5.74) is -0.775. The van der Waals surface area contributed by atoms with Crippen molar-refractivity contribution in [3.05, 3.63) is 29.3 Å². The Morgan fingerprint density at radius 3 is 2.15 bits per heavy atom. The van der Waals surface area contributed by atoms with Crippen molar-refractivity contribution in [2.45, 2.75) is 75.1 Å². The number of aliphatic carboxylic acids is 1. The molecule has 2 unspecified atom stereocenters. The van der Waals surface area contributed by atoms with E-state index in [9.17, 15) is 27.9 Å². The van der Waals surface area contributed by atoms with E-state index in [2.05, 4.69) is 10.0 Å². The number of halogens is 1. The normalized spacial score (nSPS) is 23.5. The van der Waals surface area contributed by atoms with Crippen molar-refractivity contribution in [3.63, 3.8) is 0 Å². The number of nitrogens with zero attached hydrogens (tertiary/aromatic N) is 1. The number of piperidine rings is 1. The Balaban J connectivity index is 1.68. The lowest BCUT2D eigenvalue weighted by atomic mass is 9.85. The van der Waals surface area contributed by atoms with E-state index in [4.69, 9.17) is 16.3 Å². The summed E-state index contributed by atoms with van der Waals surface area (Å²) in [6, 6.07) is 2.85. The lowest BCUT2D eigenvalue weighted by Crippen LogP contribution is -2.56. The minimum atomic E-state index is -4.09. The number of carbonyl (C=O) groups excluding carboxylic acids is 2. The van der Waals surface area contributed by atoms with Crippen molar-refractivity contribution >= 4 is 39.7 Å². The molecule has 0 saturated carbocycles. The van der Waals surface area contributed by atoms with Gasteiger partial charge in [-0.3, -0.25) is 0 Å². The third-order valence-corrected chi connectivity index (χ3v) is 7.35. The van der Waals surface area contributed by atoms with E-state index in [-0.39, 0.29) is 17.0 Å². The molecule has 1 aromatic carbocycles. The highest BCUT2D eigenvalue weighted by Crippen LogP contribution is 2.40. The zero-order chi connectivity index (χ0) is 24.6. The average Bonchev–Trinajstić information content (AvgIpc) is 2.95. The Morgan fingerprint density at radius 1 is 1.12 bits per heavy atom. The van der Waals surface area contributed by atoms with Crippen molar-refractivity contribution < 1.29 is 32.6 Å². The van der Waals surface area contributed by atoms with Crippen LogP contribution in [0.2, 0.25) is 5.02 Å². The van der Waals surface area contributed by atoms with Crippen LogP contribution in [0.1, 0.15) is 46.5 Å². The molecule has 3 N–H and O–H groups in total. The van der Waals surface area contributed by atoms with Crippen LogP contribution < -0.4 is 10.0 Å². The number of nitrogens with one attached hydrogen (secondary N) is 2. The van der Waals surface area contributed by atoms with Gasteiger partial charge in [0.25, 0.3) is 10.0 Å². The highest BCUT2D eigenvalue weighted by molar-refractivity contribution is 7.90. The SMILES string of the molecule is CC(C)(C)OC(=O)N[C@H](C(=O)O)C1CC2CCC(C1)N2C(=O)NS(=O)(=O)c1ccc(Cl)cc1. The summed E-state index contributed by atoms with van der Waals surface area (Å²) in [6.07, 6.45) is 1.05. The second-order valence-electron chi connectivity index (χ2n) is 9.35. The van der Waals surface area contributed by atoms with Crippen LogP contribution in [-0.2, 0) is 19.6 Å². The van der Waals surface area contributed by atoms with Gasteiger partial charge in [0.15, 0.2) is 0 Å². The first-order valence-corrected chi connectivity index (χ1v) is 12.5. The number of carboxylic acids is 1. The minimum absolute atomic E-state index is 0.0880. The number of carbonyl (C=O) groups is 3. The van der Waals surface area contributed by atoms with Gasteiger partial charge < -0.3 is 20.1 Å². The molecule has 182 valence electrons. The van der Waals surface area contributed by atoms with Crippen LogP contribution in [0.4, 0.5) is 9.59 Å². The number of alkyl carbamates (subject to hydrolysis) is 1. The molecule has 12 heteroatoms. The number of ether oxygens (including phenoxy) is 1. The van der Waals surface area contributed by atoms with Gasteiger partial charge >= 0.3 is 18.1 Å². The first-order chi connectivity index (χ1) is 15.3. The smallest absolute Gasteiger partial charge is 0.408 e. The summed E-state index contributed by atoms with van der Waals surface area (Å²) in [6.45, 7) is 5.04. The molecule has 33 heavy (non-hydrogen) atoms. The minimum Gasteiger partial charge on any atom is -0.480 e. The third-order valence-electron chi connectivity index (χ3n) is 5.76. The number of hydrogen-bond acceptors (Lipinski definition) is 6. The van der Waals surface area contributed by atoms with E-state index in [1.807, 2.05) is 0 Å². The molecular weight excluding hydrogens is 474 g/mol. The van der Waals surface area contributed by atoms with Gasteiger partial charge in [-0.1, -0.05) is 11.6 Å². The van der Waals surface area contributed by atoms with Gasteiger partial charge in [-0.15, -0.1) is 0 Å². The van der Waals surface area contributed by atoms with E-state index < -0.39 is 45.7 Å². The highest BCUT2D eigenvalue weighted by atomic mass is 35.5. The third kappa shape index (κ3) is 6.08. The van der Waals surface area contributed by atoms with Crippen molar-refractivity contribution in [1.82, 2.24) is 14.9 Å². The number of rotatable bonds is 5. The van der Waals surface area contributed by atoms with Gasteiger partial charge in [0.1, 0.15) is 11.6 Å². The predicted octanol–water partition coefficient (Wildman–Crippen LogP) is 2.96. The Morgan fingerprint density at radius 2 is 1.67 bits per heavy atom. The zero-order valence-electron chi connectivity index (χ0n) is 18.6. The van der Waals surface area contributed by atoms with Crippen molar-refractivity contribution in [2.24, 2.45) is 5.92 Å². The first-order valence-electron chi connectivity index (χ1n) is 10.6. The molecule has 0 aromatic heterocycles. The molecule has 2 aliphatic heterocycles. The molecule has 0 spiro atoms. The highest BCUT2D eigenvalue weighted by Gasteiger charge is 2.47. The summed E-state index contributed by atoms with van der Waals surface area (Å²) in [7, 11) is -4.09. The maximum Gasteiger partial charge on any atom is 0.408 e. The summed E-state index contributed by atoms with van der Waals surface area (Å²) in [5.74, 6) is -1.61. The largest absolute Gasteiger partial charge is 0.480 e. The fraction of sp³-hybridized carbons (Fsp3) is 0.571. The molecule has 10 nitrogen and oxygen atoms in total. The topological polar surface area (TPSA) is 142 Å². The van der Waals surface area contributed by atoms with Crippen LogP contribution in [0.25, 0.3) is 0 Å². The second kappa shape index (κ2) is 9.38. The summed E-state index contributed by atoms with van der Waals surface area (Å²) in [5, 5.41) is 12.5. The van der Waals surface area contributed by atoms with E-state index in [0.29, 0.717) is 30.7 Å². The fourth-order valence-corrected chi connectivity index (χ4v) is 5.55. The standard InChI is InChI=1S/C21H28ClN3O7S/c1-21(2,3)32-20(29)23-17(18(26)27)12-10-14-6-7-15(11-12)25(14)19(28)24-33(30,31)16-8-4-13(22)5-9-16/h4-5,8-9,12,14-15,17H,6-7,10-11H2,1-3H3,(H,23,29)(H,24,28)(H,26,27)/t12?,14?,15?,17-/m0/s1. The number of carboxylic acid groups (broad SMARTS) is 1. The Bertz CT molecular complexity index is 1010. The van der Waals surface area contributed by atoms with Crippen LogP contribution >= 0.6 is 11.6 Å². The molecule has 2 aliphatic rings. The van der Waals surface area contributed by atoms with E-state index in [1.165, 1.54) is 29.2 Å². The van der Waals surface area contributed by atoms with Crippen molar-refractivity contribution in [2.75, 3.05) is 0 Å². The molecular formula is C21H28ClN3O7S. The van der Waals surface area contributed by atoms with Crippen LogP contribution in [0.3, 0.4) is 0 Å². The number of urea groups is 1. The Kier molecular flexibility index (Phi) is 7.13. The van der Waals surface area contributed by atoms with Gasteiger partial charge in [-0.05, 0) is 76.6 Å². The van der Waals surface area contributed by atoms with Crippen LogP contribution in [0.15, 0.2) is 29.2 Å². The number of hydrogen-bond donors (Lipinski definition) is 3. The molecule has 3 amide bonds. The Labute approximate surface area is 197 Å². The quantitative estimate of drug-likeness (QED) is 0.562. The molecule has 2 heterocycles. The zero-order valence-corrected chi connectivity index (χ0v) is 20.1. The van der Waals surface area contributed by atoms with E-state index in [1.54, 1.807) is 20.8 Å². The number of fused-ring (bicyclic) bond motifs is 2. The molecule has 2 saturated heterocycles. The summed E-state index contributed by atoms with van der Waals surface area (Å²) in [4.78, 5) is 38.3. The molecule has 2 fully saturated rings. The van der Waals surface area contributed by atoms with Crippen LogP contribution in [0, 0.1) is 5.92 Å². The molecule has 2 bridgehead atoms. The first kappa shape index (κ1) is 25.1. The number of benzene rings is 1. The van der Waals surface area contributed by atoms with Gasteiger partial charge in [-0.25, -0.2) is 27.5 Å². The number of amides is 3. The lowest BCUT2D eigenvalue weighted by molar-refractivity contribution is -0.141. The molecule has 0 aliphatic carbocycles. The maximum atomic E-state index is 12.9. The molecule has 0 radical (unpaired) electrons. The molecule has 3 atom stereocenters. The van der Waals surface area contributed by atoms with Crippen molar-refractivity contribution in [1.29, 1.82) is 0 Å². The van der Waals surface area contributed by atoms with Gasteiger partial charge in [-0.2, -0.15) is 0 Å². The maximum absolute atomic E-state index is 12.9. The van der Waals surface area contributed by atoms with E-state index in [0.717, 1.165) is 0 Å². The van der Waals surface area contributed by atoms with Crippen LogP contribution in [0.5, 0.6) is 0 Å². The lowest BCUT2D eigenvalue weighted by Gasteiger charge is -2.40. The van der Waals surface area contributed by atoms with Gasteiger partial charge in [0, 0.05) is 17.1 Å². The Hall–Kier alpha value is -2.53. The van der Waals surface area contributed by atoms with Gasteiger partial charge in [0.05, 0.1) is 4.90 Å². The van der Waals surface area contributed by atoms with Gasteiger partial charge in [0.2, 0.25) is 0 Å². The van der Waals surface area contributed by atoms with Crippen LogP contribution in [-0.4, -0.2) is 60.2 Å². The monoisotopic (exact) mass is 501 g/mol. The summed E-state index contributed by atoms with van der Waals surface area (Å²) >= 11 is 5.79. The molecule has 1 aromatic rings.